The molecular weight excluding hydrogens is 538 g/mol. The highest BCUT2D eigenvalue weighted by Gasteiger charge is 2.35. The van der Waals surface area contributed by atoms with Crippen LogP contribution in [-0.2, 0) is 16.3 Å². The van der Waals surface area contributed by atoms with Gasteiger partial charge in [0.1, 0.15) is 5.82 Å². The zero-order valence-electron chi connectivity index (χ0n) is 22.7. The van der Waals surface area contributed by atoms with Crippen molar-refractivity contribution in [1.82, 2.24) is 9.55 Å². The van der Waals surface area contributed by atoms with E-state index in [-0.39, 0.29) is 4.90 Å². The molecule has 0 unspecified atom stereocenters. The van der Waals surface area contributed by atoms with Crippen molar-refractivity contribution in [2.45, 2.75) is 23.1 Å². The second kappa shape index (κ2) is 8.87. The molecule has 1 aromatic heterocycles. The minimum absolute atomic E-state index is 0.289. The molecule has 0 N–H and O–H groups in total. The molecule has 7 aromatic rings. The Bertz CT molecular complexity index is 2360. The average molecular weight is 562 g/mol. The van der Waals surface area contributed by atoms with E-state index in [1.54, 1.807) is 18.2 Å². The summed E-state index contributed by atoms with van der Waals surface area (Å²) >= 11 is 0. The molecule has 0 saturated carbocycles. The number of hydrogen-bond acceptors (Lipinski definition) is 4. The molecule has 200 valence electrons. The fourth-order valence-electron chi connectivity index (χ4n) is 6.57. The van der Waals surface area contributed by atoms with Crippen LogP contribution in [0.4, 0.5) is 0 Å². The Morgan fingerprint density at radius 2 is 1.31 bits per heavy atom. The lowest BCUT2D eigenvalue weighted by Crippen LogP contribution is -2.17. The zero-order valence-corrected chi connectivity index (χ0v) is 23.5. The summed E-state index contributed by atoms with van der Waals surface area (Å²) in [5.41, 5.74) is 6.50. The first-order chi connectivity index (χ1) is 20.5. The Labute approximate surface area is 242 Å². The zero-order chi connectivity index (χ0) is 28.6. The van der Waals surface area contributed by atoms with Gasteiger partial charge in [-0.2, -0.15) is 5.26 Å². The van der Waals surface area contributed by atoms with Crippen LogP contribution in [0.3, 0.4) is 0 Å². The first-order valence-electron chi connectivity index (χ1n) is 13.9. The molecule has 0 bridgehead atoms. The molecule has 1 aliphatic rings. The number of nitrogens with zero attached hydrogens (tertiary/aromatic N) is 3. The predicted molar refractivity (Wildman–Crippen MR) is 166 cm³/mol. The summed E-state index contributed by atoms with van der Waals surface area (Å²) in [6, 6.07) is 37.4. The van der Waals surface area contributed by atoms with Crippen molar-refractivity contribution in [2.24, 2.45) is 0 Å². The number of aryl methyl sites for hydroxylation is 1. The first kappa shape index (κ1) is 24.5. The van der Waals surface area contributed by atoms with Gasteiger partial charge < -0.3 is 0 Å². The van der Waals surface area contributed by atoms with E-state index in [1.807, 2.05) is 73.7 Å². The summed E-state index contributed by atoms with van der Waals surface area (Å²) in [6.45, 7) is 2.05. The molecule has 42 heavy (non-hydrogen) atoms. The number of aromatic nitrogens is 2. The quantitative estimate of drug-likeness (QED) is 0.204. The molecule has 6 heteroatoms. The van der Waals surface area contributed by atoms with Crippen LogP contribution in [0.1, 0.15) is 18.3 Å². The predicted octanol–water partition coefficient (Wildman–Crippen LogP) is 8.25. The van der Waals surface area contributed by atoms with Gasteiger partial charge in [0.15, 0.2) is 0 Å². The van der Waals surface area contributed by atoms with Crippen LogP contribution >= 0.6 is 0 Å². The van der Waals surface area contributed by atoms with E-state index in [1.165, 1.54) is 0 Å². The molecule has 8 rings (SSSR count). The van der Waals surface area contributed by atoms with Crippen LogP contribution in [0.2, 0.25) is 0 Å². The lowest BCUT2D eigenvalue weighted by atomic mass is 9.85. The minimum Gasteiger partial charge on any atom is -0.293 e. The molecule has 0 aliphatic carbocycles. The summed E-state index contributed by atoms with van der Waals surface area (Å²) in [7, 11) is -3.78. The second-order valence-corrected chi connectivity index (χ2v) is 12.4. The Kier molecular flexibility index (Phi) is 5.18. The third-order valence-electron chi connectivity index (χ3n) is 8.33. The van der Waals surface area contributed by atoms with Crippen molar-refractivity contribution in [3.05, 3.63) is 121 Å². The summed E-state index contributed by atoms with van der Waals surface area (Å²) in [4.78, 5) is 5.45. The van der Waals surface area contributed by atoms with Crippen LogP contribution in [-0.4, -0.2) is 18.0 Å². The normalized spacial score (nSPS) is 13.3. The molecule has 0 fully saturated rings. The fraction of sp³-hybridized carbons (Fsp3) is 0.0556. The summed E-state index contributed by atoms with van der Waals surface area (Å²) in [5, 5.41) is 13.5. The number of fused-ring (bicyclic) bond motifs is 4. The van der Waals surface area contributed by atoms with Crippen molar-refractivity contribution < 1.29 is 8.42 Å². The largest absolute Gasteiger partial charge is 0.293 e. The smallest absolute Gasteiger partial charge is 0.210 e. The van der Waals surface area contributed by atoms with Crippen molar-refractivity contribution in [3.8, 4) is 34.0 Å². The number of benzene rings is 6. The van der Waals surface area contributed by atoms with E-state index < -0.39 is 9.84 Å². The maximum absolute atomic E-state index is 14.1. The van der Waals surface area contributed by atoms with E-state index >= 15 is 0 Å². The van der Waals surface area contributed by atoms with Gasteiger partial charge in [0.05, 0.1) is 38.1 Å². The van der Waals surface area contributed by atoms with Crippen molar-refractivity contribution in [1.29, 1.82) is 5.26 Å². The van der Waals surface area contributed by atoms with Gasteiger partial charge in [0, 0.05) is 12.0 Å². The fourth-order valence-corrected chi connectivity index (χ4v) is 8.23. The van der Waals surface area contributed by atoms with Gasteiger partial charge in [-0.25, -0.2) is 13.4 Å². The lowest BCUT2D eigenvalue weighted by Gasteiger charge is -2.25. The topological polar surface area (TPSA) is 75.8 Å². The molecule has 1 aliphatic heterocycles. The van der Waals surface area contributed by atoms with Gasteiger partial charge in [-0.15, -0.1) is 0 Å². The number of nitriles is 1. The van der Waals surface area contributed by atoms with Gasteiger partial charge >= 0.3 is 0 Å². The number of imidazole rings is 1. The van der Waals surface area contributed by atoms with Crippen LogP contribution in [0.25, 0.3) is 60.5 Å². The Morgan fingerprint density at radius 3 is 1.93 bits per heavy atom. The standard InChI is InChI=1S/C36H23N3O2S/c1-2-32-38-29-14-8-16-31-36(29)39(32)35-28(13-7-15-30(35)42(31,40)41)34-26-11-5-3-9-24(26)33(25-10-4-6-12-27(25)34)23-19-17-22(21-37)18-20-23/h3-20H,2H2,1H3. The number of sulfone groups is 1. The number of para-hydroxylation sites is 2. The lowest BCUT2D eigenvalue weighted by molar-refractivity contribution is 0.594. The number of rotatable bonds is 3. The van der Waals surface area contributed by atoms with Crippen LogP contribution in [0.5, 0.6) is 0 Å². The minimum atomic E-state index is -3.78. The third-order valence-corrected chi connectivity index (χ3v) is 10.1. The Morgan fingerprint density at radius 1 is 0.714 bits per heavy atom. The summed E-state index contributed by atoms with van der Waals surface area (Å²) in [6.07, 6.45) is 0.654. The average Bonchev–Trinajstić information content (AvgIpc) is 3.41. The molecule has 0 amide bonds. The molecule has 0 atom stereocenters. The molecule has 0 radical (unpaired) electrons. The highest BCUT2D eigenvalue weighted by molar-refractivity contribution is 7.92. The van der Waals surface area contributed by atoms with Gasteiger partial charge in [0.25, 0.3) is 0 Å². The molecule has 5 nitrogen and oxygen atoms in total. The number of hydrogen-bond donors (Lipinski definition) is 0. The maximum atomic E-state index is 14.1. The van der Waals surface area contributed by atoms with Crippen molar-refractivity contribution in [2.75, 3.05) is 0 Å². The van der Waals surface area contributed by atoms with Crippen molar-refractivity contribution in [3.63, 3.8) is 0 Å². The van der Waals surface area contributed by atoms with Crippen LogP contribution in [0.15, 0.2) is 119 Å². The molecule has 6 aromatic carbocycles. The molecule has 0 saturated heterocycles. The maximum Gasteiger partial charge on any atom is 0.210 e. The highest BCUT2D eigenvalue weighted by atomic mass is 32.2. The monoisotopic (exact) mass is 561 g/mol. The third kappa shape index (κ3) is 3.23. The van der Waals surface area contributed by atoms with E-state index in [0.717, 1.165) is 49.6 Å². The van der Waals surface area contributed by atoms with E-state index in [4.69, 9.17) is 4.98 Å². The van der Waals surface area contributed by atoms with Gasteiger partial charge in [0.2, 0.25) is 9.84 Å². The van der Waals surface area contributed by atoms with Crippen molar-refractivity contribution >= 4 is 42.4 Å². The molecule has 0 spiro atoms. The summed E-state index contributed by atoms with van der Waals surface area (Å²) in [5.74, 6) is 0.823. The summed E-state index contributed by atoms with van der Waals surface area (Å²) < 4.78 is 30.3. The van der Waals surface area contributed by atoms with Crippen LogP contribution < -0.4 is 0 Å². The van der Waals surface area contributed by atoms with Gasteiger partial charge in [-0.3, -0.25) is 4.57 Å². The first-order valence-corrected chi connectivity index (χ1v) is 15.3. The van der Waals surface area contributed by atoms with E-state index in [0.29, 0.717) is 33.6 Å². The van der Waals surface area contributed by atoms with E-state index in [2.05, 4.69) is 34.9 Å². The SMILES string of the molecule is CCc1nc2cccc3c2n1-c1c(-c2c4ccccc4c(-c4ccc(C#N)cc4)c4ccccc24)cccc1S3(=O)=O. The van der Waals surface area contributed by atoms with Crippen LogP contribution in [0, 0.1) is 11.3 Å². The highest BCUT2D eigenvalue weighted by Crippen LogP contribution is 2.49. The van der Waals surface area contributed by atoms with Gasteiger partial charge in [-0.1, -0.05) is 85.8 Å². The Balaban J connectivity index is 1.56. The van der Waals surface area contributed by atoms with E-state index in [9.17, 15) is 13.7 Å². The Hall–Kier alpha value is -5.25. The second-order valence-electron chi connectivity index (χ2n) is 10.5. The molecular formula is C36H23N3O2S. The molecule has 2 heterocycles. The van der Waals surface area contributed by atoms with Gasteiger partial charge in [-0.05, 0) is 68.6 Å².